The number of nitrogens with zero attached hydrogens (tertiary/aromatic N) is 2. The molecular formula is C20H23N5O2. The van der Waals surface area contributed by atoms with Crippen LogP contribution < -0.4 is 16.4 Å². The van der Waals surface area contributed by atoms with E-state index in [1.807, 2.05) is 55.5 Å². The fourth-order valence-corrected chi connectivity index (χ4v) is 2.63. The summed E-state index contributed by atoms with van der Waals surface area (Å²) in [6.45, 7) is 2.58. The molecule has 3 rings (SSSR count). The van der Waals surface area contributed by atoms with Gasteiger partial charge < -0.3 is 21.1 Å². The lowest BCUT2D eigenvalue weighted by atomic mass is 10.2. The summed E-state index contributed by atoms with van der Waals surface area (Å²) in [4.78, 5) is 20.6. The molecule has 1 amide bonds. The van der Waals surface area contributed by atoms with Crippen LogP contribution in [0.25, 0.3) is 5.57 Å². The summed E-state index contributed by atoms with van der Waals surface area (Å²) < 4.78 is 5.21. The number of nitrogens with one attached hydrogen (secondary N) is 2. The van der Waals surface area contributed by atoms with Gasteiger partial charge in [-0.25, -0.2) is 14.8 Å². The van der Waals surface area contributed by atoms with Crippen LogP contribution in [0.4, 0.5) is 10.7 Å². The summed E-state index contributed by atoms with van der Waals surface area (Å²) in [5, 5.41) is 5.90. The van der Waals surface area contributed by atoms with E-state index < -0.39 is 6.09 Å². The van der Waals surface area contributed by atoms with E-state index >= 15 is 0 Å². The maximum atomic E-state index is 11.9. The third-order valence-electron chi connectivity index (χ3n) is 4.04. The zero-order chi connectivity index (χ0) is 19.1. The van der Waals surface area contributed by atoms with Gasteiger partial charge in [0.2, 0.25) is 5.95 Å². The van der Waals surface area contributed by atoms with Crippen molar-refractivity contribution >= 4 is 17.6 Å². The summed E-state index contributed by atoms with van der Waals surface area (Å²) in [6.07, 6.45) is 5.94. The molecule has 0 spiro atoms. The second-order valence-corrected chi connectivity index (χ2v) is 6.30. The van der Waals surface area contributed by atoms with Crippen LogP contribution in [-0.4, -0.2) is 28.6 Å². The molecule has 0 fully saturated rings. The van der Waals surface area contributed by atoms with Crippen LogP contribution in [0.1, 0.15) is 24.6 Å². The van der Waals surface area contributed by atoms with Crippen molar-refractivity contribution in [2.24, 2.45) is 5.73 Å². The van der Waals surface area contributed by atoms with E-state index in [2.05, 4.69) is 20.6 Å². The Bertz CT molecular complexity index is 848. The van der Waals surface area contributed by atoms with Gasteiger partial charge in [-0.1, -0.05) is 42.5 Å². The summed E-state index contributed by atoms with van der Waals surface area (Å²) in [7, 11) is 0. The molecular weight excluding hydrogens is 342 g/mol. The molecule has 0 radical (unpaired) electrons. The SMILES string of the molecule is C[C@H](CNc1nccc(C2=C(N)CC=C2)n1)NC(=O)OCc1ccccc1. The van der Waals surface area contributed by atoms with E-state index in [0.29, 0.717) is 12.5 Å². The summed E-state index contributed by atoms with van der Waals surface area (Å²) >= 11 is 0. The molecule has 7 nitrogen and oxygen atoms in total. The van der Waals surface area contributed by atoms with Crippen LogP contribution in [0.15, 0.2) is 60.4 Å². The normalized spacial score (nSPS) is 14.1. The number of ether oxygens (including phenoxy) is 1. The van der Waals surface area contributed by atoms with Crippen molar-refractivity contribution in [3.8, 4) is 0 Å². The fourth-order valence-electron chi connectivity index (χ4n) is 2.63. The van der Waals surface area contributed by atoms with E-state index in [1.54, 1.807) is 6.20 Å². The van der Waals surface area contributed by atoms with Crippen LogP contribution in [0.2, 0.25) is 0 Å². The number of anilines is 1. The Kier molecular flexibility index (Phi) is 6.04. The highest BCUT2D eigenvalue weighted by molar-refractivity contribution is 5.77. The highest BCUT2D eigenvalue weighted by Crippen LogP contribution is 2.23. The highest BCUT2D eigenvalue weighted by atomic mass is 16.5. The molecule has 1 aromatic heterocycles. The number of hydrogen-bond donors (Lipinski definition) is 3. The number of carbonyl (C=O) groups is 1. The molecule has 27 heavy (non-hydrogen) atoms. The van der Waals surface area contributed by atoms with Crippen LogP contribution in [0.3, 0.4) is 0 Å². The van der Waals surface area contributed by atoms with Crippen molar-refractivity contribution in [3.05, 3.63) is 71.7 Å². The minimum Gasteiger partial charge on any atom is -0.445 e. The molecule has 1 atom stereocenters. The molecule has 0 unspecified atom stereocenters. The first-order chi connectivity index (χ1) is 13.1. The number of amides is 1. The molecule has 0 saturated heterocycles. The lowest BCUT2D eigenvalue weighted by Gasteiger charge is -2.15. The minimum atomic E-state index is -0.461. The quantitative estimate of drug-likeness (QED) is 0.697. The number of rotatable bonds is 7. The second-order valence-electron chi connectivity index (χ2n) is 6.30. The summed E-state index contributed by atoms with van der Waals surface area (Å²) in [6, 6.07) is 11.2. The number of carbonyl (C=O) groups excluding carboxylic acids is 1. The van der Waals surface area contributed by atoms with E-state index in [-0.39, 0.29) is 12.6 Å². The Balaban J connectivity index is 1.46. The lowest BCUT2D eigenvalue weighted by Crippen LogP contribution is -2.37. The first-order valence-corrected chi connectivity index (χ1v) is 8.81. The topological polar surface area (TPSA) is 102 Å². The van der Waals surface area contributed by atoms with Gasteiger partial charge in [-0.05, 0) is 18.6 Å². The molecule has 1 aliphatic rings. The standard InChI is InChI=1S/C20H23N5O2/c1-14(24-20(26)27-13-15-6-3-2-4-7-15)12-23-19-22-11-10-18(25-19)16-8-5-9-17(16)21/h2-8,10-11,14H,9,12-13,21H2,1H3,(H,24,26)(H,22,23,25)/t14-/m1/s1. The van der Waals surface area contributed by atoms with Gasteiger partial charge in [-0.2, -0.15) is 0 Å². The predicted molar refractivity (Wildman–Crippen MR) is 105 cm³/mol. The zero-order valence-corrected chi connectivity index (χ0v) is 15.2. The van der Waals surface area contributed by atoms with Gasteiger partial charge in [0.1, 0.15) is 6.61 Å². The Morgan fingerprint density at radius 1 is 1.30 bits per heavy atom. The molecule has 7 heteroatoms. The number of hydrogen-bond acceptors (Lipinski definition) is 6. The van der Waals surface area contributed by atoms with Gasteiger partial charge in [0, 0.05) is 36.5 Å². The first kappa shape index (κ1) is 18.4. The molecule has 4 N–H and O–H groups in total. The number of alkyl carbamates (subject to hydrolysis) is 1. The fraction of sp³-hybridized carbons (Fsp3) is 0.250. The summed E-state index contributed by atoms with van der Waals surface area (Å²) in [5.41, 5.74) is 9.43. The molecule has 1 aromatic carbocycles. The third-order valence-corrected chi connectivity index (χ3v) is 4.04. The van der Waals surface area contributed by atoms with Gasteiger partial charge in [-0.3, -0.25) is 0 Å². The highest BCUT2D eigenvalue weighted by Gasteiger charge is 2.12. The third kappa shape index (κ3) is 5.31. The molecule has 0 bridgehead atoms. The van der Waals surface area contributed by atoms with Crippen molar-refractivity contribution in [1.82, 2.24) is 15.3 Å². The van der Waals surface area contributed by atoms with Crippen molar-refractivity contribution in [2.75, 3.05) is 11.9 Å². The van der Waals surface area contributed by atoms with Crippen LogP contribution in [0, 0.1) is 0 Å². The van der Waals surface area contributed by atoms with Gasteiger partial charge in [0.25, 0.3) is 0 Å². The van der Waals surface area contributed by atoms with Crippen molar-refractivity contribution < 1.29 is 9.53 Å². The Morgan fingerprint density at radius 3 is 2.85 bits per heavy atom. The number of benzene rings is 1. The maximum absolute atomic E-state index is 11.9. The Morgan fingerprint density at radius 2 is 2.11 bits per heavy atom. The van der Waals surface area contributed by atoms with Gasteiger partial charge >= 0.3 is 6.09 Å². The van der Waals surface area contributed by atoms with Crippen molar-refractivity contribution in [3.63, 3.8) is 0 Å². The van der Waals surface area contributed by atoms with Crippen LogP contribution >= 0.6 is 0 Å². The van der Waals surface area contributed by atoms with Crippen LogP contribution in [0.5, 0.6) is 0 Å². The van der Waals surface area contributed by atoms with Gasteiger partial charge in [0.05, 0.1) is 5.69 Å². The summed E-state index contributed by atoms with van der Waals surface area (Å²) in [5.74, 6) is 0.486. The minimum absolute atomic E-state index is 0.156. The van der Waals surface area contributed by atoms with Gasteiger partial charge in [-0.15, -0.1) is 0 Å². The van der Waals surface area contributed by atoms with E-state index in [0.717, 1.165) is 28.9 Å². The molecule has 2 aromatic rings. The smallest absolute Gasteiger partial charge is 0.407 e. The number of nitrogens with two attached hydrogens (primary N) is 1. The first-order valence-electron chi connectivity index (χ1n) is 8.81. The van der Waals surface area contributed by atoms with Crippen molar-refractivity contribution in [1.29, 1.82) is 0 Å². The average Bonchev–Trinajstić information content (AvgIpc) is 3.12. The number of allylic oxidation sites excluding steroid dienone is 3. The van der Waals surface area contributed by atoms with Crippen molar-refractivity contribution in [2.45, 2.75) is 26.0 Å². The Hall–Kier alpha value is -3.35. The Labute approximate surface area is 158 Å². The van der Waals surface area contributed by atoms with Crippen LogP contribution in [-0.2, 0) is 11.3 Å². The zero-order valence-electron chi connectivity index (χ0n) is 15.2. The number of aromatic nitrogens is 2. The van der Waals surface area contributed by atoms with E-state index in [1.165, 1.54) is 0 Å². The van der Waals surface area contributed by atoms with E-state index in [9.17, 15) is 4.79 Å². The average molecular weight is 365 g/mol. The second kappa shape index (κ2) is 8.84. The lowest BCUT2D eigenvalue weighted by molar-refractivity contribution is 0.137. The molecule has 1 heterocycles. The molecule has 0 aliphatic heterocycles. The van der Waals surface area contributed by atoms with Gasteiger partial charge in [0.15, 0.2) is 0 Å². The monoisotopic (exact) mass is 365 g/mol. The van der Waals surface area contributed by atoms with E-state index in [4.69, 9.17) is 10.5 Å². The molecule has 1 aliphatic carbocycles. The molecule has 140 valence electrons. The predicted octanol–water partition coefficient (Wildman–Crippen LogP) is 2.83. The largest absolute Gasteiger partial charge is 0.445 e. The maximum Gasteiger partial charge on any atom is 0.407 e. The molecule has 0 saturated carbocycles.